The van der Waals surface area contributed by atoms with Crippen LogP contribution in [0.4, 0.5) is 0 Å². The second-order valence-corrected chi connectivity index (χ2v) is 9.71. The van der Waals surface area contributed by atoms with Gasteiger partial charge in [-0.05, 0) is 73.1 Å². The van der Waals surface area contributed by atoms with Crippen molar-refractivity contribution in [2.75, 3.05) is 19.8 Å². The van der Waals surface area contributed by atoms with Gasteiger partial charge in [-0.15, -0.1) is 0 Å². The van der Waals surface area contributed by atoms with Gasteiger partial charge in [-0.1, -0.05) is 12.1 Å². The second-order valence-electron chi connectivity index (χ2n) is 7.81. The lowest BCUT2D eigenvalue weighted by Crippen LogP contribution is -2.30. The van der Waals surface area contributed by atoms with Crippen molar-refractivity contribution >= 4 is 10.0 Å². The molecule has 0 bridgehead atoms. The van der Waals surface area contributed by atoms with Crippen molar-refractivity contribution in [2.24, 2.45) is 0 Å². The Morgan fingerprint density at radius 2 is 1.68 bits per heavy atom. The average molecular weight is 400 g/mol. The van der Waals surface area contributed by atoms with Crippen molar-refractivity contribution in [3.63, 3.8) is 0 Å². The number of aryl methyl sites for hydroxylation is 2. The molecule has 2 aliphatic heterocycles. The Bertz CT molecular complexity index is 1000. The van der Waals surface area contributed by atoms with E-state index in [0.29, 0.717) is 24.7 Å². The SMILES string of the molecule is O=S(=O)(c1ccc2c(c1)CCC2)N1CCC[C@H]1c1ccc2c(c1)OCCCO2. The molecule has 0 radical (unpaired) electrons. The molecule has 148 valence electrons. The van der Waals surface area contributed by atoms with Gasteiger partial charge in [0.1, 0.15) is 0 Å². The van der Waals surface area contributed by atoms with Crippen LogP contribution in [0.1, 0.15) is 48.4 Å². The maximum atomic E-state index is 13.4. The first-order valence-corrected chi connectivity index (χ1v) is 11.6. The van der Waals surface area contributed by atoms with Crippen molar-refractivity contribution < 1.29 is 17.9 Å². The highest BCUT2D eigenvalue weighted by atomic mass is 32.2. The molecule has 1 atom stereocenters. The van der Waals surface area contributed by atoms with Gasteiger partial charge in [-0.2, -0.15) is 4.31 Å². The molecule has 1 aliphatic carbocycles. The minimum Gasteiger partial charge on any atom is -0.490 e. The topological polar surface area (TPSA) is 55.8 Å². The van der Waals surface area contributed by atoms with E-state index in [-0.39, 0.29) is 6.04 Å². The lowest BCUT2D eigenvalue weighted by Gasteiger charge is -2.25. The monoisotopic (exact) mass is 399 g/mol. The van der Waals surface area contributed by atoms with Gasteiger partial charge in [0.05, 0.1) is 24.2 Å². The number of ether oxygens (including phenoxy) is 2. The van der Waals surface area contributed by atoms with Crippen molar-refractivity contribution in [1.29, 1.82) is 0 Å². The predicted octanol–water partition coefficient (Wildman–Crippen LogP) is 3.86. The van der Waals surface area contributed by atoms with E-state index in [4.69, 9.17) is 9.47 Å². The van der Waals surface area contributed by atoms with E-state index >= 15 is 0 Å². The van der Waals surface area contributed by atoms with Gasteiger partial charge in [0.25, 0.3) is 0 Å². The molecule has 0 spiro atoms. The molecule has 0 amide bonds. The van der Waals surface area contributed by atoms with Gasteiger partial charge in [-0.25, -0.2) is 8.42 Å². The molecular weight excluding hydrogens is 374 g/mol. The van der Waals surface area contributed by atoms with Gasteiger partial charge >= 0.3 is 0 Å². The van der Waals surface area contributed by atoms with Crippen LogP contribution in [0.2, 0.25) is 0 Å². The van der Waals surface area contributed by atoms with Crippen LogP contribution < -0.4 is 9.47 Å². The highest BCUT2D eigenvalue weighted by Crippen LogP contribution is 2.40. The Hall–Kier alpha value is -2.05. The molecule has 6 heteroatoms. The van der Waals surface area contributed by atoms with E-state index in [1.807, 2.05) is 30.3 Å². The van der Waals surface area contributed by atoms with E-state index in [1.165, 1.54) is 11.1 Å². The third-order valence-electron chi connectivity index (χ3n) is 6.04. The molecule has 0 N–H and O–H groups in total. The van der Waals surface area contributed by atoms with Gasteiger partial charge in [-0.3, -0.25) is 0 Å². The van der Waals surface area contributed by atoms with Crippen LogP contribution in [0, 0.1) is 0 Å². The summed E-state index contributed by atoms with van der Waals surface area (Å²) < 4.78 is 40.1. The first-order chi connectivity index (χ1) is 13.6. The molecule has 2 aromatic carbocycles. The summed E-state index contributed by atoms with van der Waals surface area (Å²) in [7, 11) is -3.52. The van der Waals surface area contributed by atoms with E-state index in [9.17, 15) is 8.42 Å². The average Bonchev–Trinajstić information content (AvgIpc) is 3.32. The second kappa shape index (κ2) is 7.08. The molecule has 0 saturated carbocycles. The molecule has 1 fully saturated rings. The third-order valence-corrected chi connectivity index (χ3v) is 7.94. The van der Waals surface area contributed by atoms with Crippen LogP contribution in [-0.4, -0.2) is 32.5 Å². The largest absolute Gasteiger partial charge is 0.490 e. The van der Waals surface area contributed by atoms with Crippen LogP contribution in [-0.2, 0) is 22.9 Å². The molecule has 0 unspecified atom stereocenters. The lowest BCUT2D eigenvalue weighted by molar-refractivity contribution is 0.296. The van der Waals surface area contributed by atoms with Crippen molar-refractivity contribution in [3.05, 3.63) is 53.1 Å². The molecule has 28 heavy (non-hydrogen) atoms. The van der Waals surface area contributed by atoms with Crippen LogP contribution in [0.3, 0.4) is 0 Å². The summed E-state index contributed by atoms with van der Waals surface area (Å²) in [5, 5.41) is 0. The number of hydrogen-bond donors (Lipinski definition) is 0. The van der Waals surface area contributed by atoms with Crippen molar-refractivity contribution in [2.45, 2.75) is 49.5 Å². The minimum atomic E-state index is -3.52. The lowest BCUT2D eigenvalue weighted by atomic mass is 10.0. The standard InChI is InChI=1S/C22H25NO4S/c24-28(25,19-9-7-16-4-1-5-17(16)14-19)23-11-2-6-20(23)18-8-10-21-22(15-18)27-13-3-12-26-21/h7-10,14-15,20H,1-6,11-13H2/t20-/m0/s1. The maximum Gasteiger partial charge on any atom is 0.243 e. The van der Waals surface area contributed by atoms with Gasteiger partial charge in [0.15, 0.2) is 11.5 Å². The van der Waals surface area contributed by atoms with Crippen LogP contribution >= 0.6 is 0 Å². The Labute approximate surface area is 166 Å². The van der Waals surface area contributed by atoms with Crippen molar-refractivity contribution in [3.8, 4) is 11.5 Å². The minimum absolute atomic E-state index is 0.157. The third kappa shape index (κ3) is 3.08. The van der Waals surface area contributed by atoms with Gasteiger partial charge < -0.3 is 9.47 Å². The Morgan fingerprint density at radius 1 is 0.857 bits per heavy atom. The number of fused-ring (bicyclic) bond motifs is 2. The molecule has 2 heterocycles. The van der Waals surface area contributed by atoms with E-state index in [2.05, 4.69) is 0 Å². The summed E-state index contributed by atoms with van der Waals surface area (Å²) >= 11 is 0. The fourth-order valence-electron chi connectivity index (χ4n) is 4.59. The molecule has 0 aromatic heterocycles. The highest BCUT2D eigenvalue weighted by molar-refractivity contribution is 7.89. The molecule has 3 aliphatic rings. The molecule has 5 rings (SSSR count). The first kappa shape index (κ1) is 18.0. The van der Waals surface area contributed by atoms with Crippen LogP contribution in [0.15, 0.2) is 41.3 Å². The van der Waals surface area contributed by atoms with E-state index in [0.717, 1.165) is 55.6 Å². The fourth-order valence-corrected chi connectivity index (χ4v) is 6.33. The fraction of sp³-hybridized carbons (Fsp3) is 0.455. The van der Waals surface area contributed by atoms with Crippen molar-refractivity contribution in [1.82, 2.24) is 4.31 Å². The number of sulfonamides is 1. The Balaban J connectivity index is 1.47. The smallest absolute Gasteiger partial charge is 0.243 e. The number of rotatable bonds is 3. The summed E-state index contributed by atoms with van der Waals surface area (Å²) in [4.78, 5) is 0.425. The molecular formula is C22H25NO4S. The summed E-state index contributed by atoms with van der Waals surface area (Å²) in [5.74, 6) is 1.46. The zero-order valence-electron chi connectivity index (χ0n) is 15.9. The first-order valence-electron chi connectivity index (χ1n) is 10.2. The van der Waals surface area contributed by atoms with Gasteiger partial charge in [0, 0.05) is 13.0 Å². The van der Waals surface area contributed by atoms with Crippen LogP contribution in [0.5, 0.6) is 11.5 Å². The highest BCUT2D eigenvalue weighted by Gasteiger charge is 2.37. The van der Waals surface area contributed by atoms with E-state index < -0.39 is 10.0 Å². The summed E-state index contributed by atoms with van der Waals surface area (Å²) in [6.07, 6.45) is 5.69. The zero-order chi connectivity index (χ0) is 19.1. The summed E-state index contributed by atoms with van der Waals surface area (Å²) in [5.41, 5.74) is 3.46. The number of nitrogens with zero attached hydrogens (tertiary/aromatic N) is 1. The summed E-state index contributed by atoms with van der Waals surface area (Å²) in [6.45, 7) is 1.82. The molecule has 1 saturated heterocycles. The summed E-state index contributed by atoms with van der Waals surface area (Å²) in [6, 6.07) is 11.4. The Morgan fingerprint density at radius 3 is 2.57 bits per heavy atom. The normalized spacial score (nSPS) is 22.1. The predicted molar refractivity (Wildman–Crippen MR) is 106 cm³/mol. The zero-order valence-corrected chi connectivity index (χ0v) is 16.7. The molecule has 5 nitrogen and oxygen atoms in total. The maximum absolute atomic E-state index is 13.4. The Kier molecular flexibility index (Phi) is 4.56. The quantitative estimate of drug-likeness (QED) is 0.786. The number of benzene rings is 2. The number of hydrogen-bond acceptors (Lipinski definition) is 4. The van der Waals surface area contributed by atoms with E-state index in [1.54, 1.807) is 10.4 Å². The van der Waals surface area contributed by atoms with Crippen LogP contribution in [0.25, 0.3) is 0 Å². The van der Waals surface area contributed by atoms with Gasteiger partial charge in [0.2, 0.25) is 10.0 Å². The molecule has 2 aromatic rings.